The highest BCUT2D eigenvalue weighted by atomic mass is 32.2. The molecule has 1 fully saturated rings. The van der Waals surface area contributed by atoms with E-state index in [-0.39, 0.29) is 5.91 Å². The lowest BCUT2D eigenvalue weighted by molar-refractivity contribution is -0.131. The van der Waals surface area contributed by atoms with Crippen molar-refractivity contribution in [2.75, 3.05) is 18.6 Å². The Kier molecular flexibility index (Phi) is 5.29. The first-order valence-corrected chi connectivity index (χ1v) is 9.67. The van der Waals surface area contributed by atoms with Gasteiger partial charge in [0, 0.05) is 24.3 Å². The van der Waals surface area contributed by atoms with Crippen LogP contribution in [0.25, 0.3) is 5.69 Å². The Labute approximate surface area is 148 Å². The van der Waals surface area contributed by atoms with Crippen LogP contribution in [0.1, 0.15) is 29.8 Å². The summed E-state index contributed by atoms with van der Waals surface area (Å²) in [5.74, 6) is 2.52. The van der Waals surface area contributed by atoms with Crippen LogP contribution in [0.3, 0.4) is 0 Å². The number of hydrogen-bond donors (Lipinski definition) is 0. The van der Waals surface area contributed by atoms with Gasteiger partial charge in [-0.15, -0.1) is 0 Å². The standard InChI is InChI=1S/C19H25N3OS/c1-14-18(13-19(23)21(3)16-9-11-24-12-10-16)15(2)22(20-14)17-7-5-4-6-8-17/h4-8,16H,9-13H2,1-3H3. The van der Waals surface area contributed by atoms with Crippen molar-refractivity contribution in [2.45, 2.75) is 39.2 Å². The first-order chi connectivity index (χ1) is 11.6. The molecule has 0 bridgehead atoms. The summed E-state index contributed by atoms with van der Waals surface area (Å²) in [6, 6.07) is 10.5. The van der Waals surface area contributed by atoms with Crippen molar-refractivity contribution in [2.24, 2.45) is 0 Å². The summed E-state index contributed by atoms with van der Waals surface area (Å²) < 4.78 is 1.94. The minimum Gasteiger partial charge on any atom is -0.342 e. The fourth-order valence-corrected chi connectivity index (χ4v) is 4.39. The minimum absolute atomic E-state index is 0.200. The van der Waals surface area contributed by atoms with E-state index in [1.165, 1.54) is 0 Å². The molecule has 0 N–H and O–H groups in total. The van der Waals surface area contributed by atoms with Crippen LogP contribution in [0.15, 0.2) is 30.3 Å². The van der Waals surface area contributed by atoms with Crippen molar-refractivity contribution >= 4 is 17.7 Å². The number of aryl methyl sites for hydroxylation is 1. The second-order valence-corrected chi connectivity index (χ2v) is 7.65. The molecule has 3 rings (SSSR count). The number of likely N-dealkylation sites (N-methyl/N-ethyl adjacent to an activating group) is 1. The molecule has 1 aromatic heterocycles. The predicted octanol–water partition coefficient (Wildman–Crippen LogP) is 3.39. The van der Waals surface area contributed by atoms with Crippen molar-refractivity contribution in [1.29, 1.82) is 0 Å². The molecule has 4 nitrogen and oxygen atoms in total. The van der Waals surface area contributed by atoms with Crippen molar-refractivity contribution in [3.63, 3.8) is 0 Å². The van der Waals surface area contributed by atoms with Crippen LogP contribution in [0, 0.1) is 13.8 Å². The monoisotopic (exact) mass is 343 g/mol. The topological polar surface area (TPSA) is 38.1 Å². The number of nitrogens with zero attached hydrogens (tertiary/aromatic N) is 3. The second-order valence-electron chi connectivity index (χ2n) is 6.42. The molecular formula is C19H25N3OS. The van der Waals surface area contributed by atoms with E-state index >= 15 is 0 Å². The molecule has 0 aliphatic carbocycles. The van der Waals surface area contributed by atoms with Gasteiger partial charge in [0.15, 0.2) is 0 Å². The zero-order chi connectivity index (χ0) is 17.1. The van der Waals surface area contributed by atoms with Crippen molar-refractivity contribution in [3.05, 3.63) is 47.3 Å². The summed E-state index contributed by atoms with van der Waals surface area (Å²) in [6.07, 6.45) is 2.65. The Morgan fingerprint density at radius 2 is 1.92 bits per heavy atom. The summed E-state index contributed by atoms with van der Waals surface area (Å²) in [5, 5.41) is 4.65. The second kappa shape index (κ2) is 7.43. The molecule has 0 spiro atoms. The Bertz CT molecular complexity index is 705. The Morgan fingerprint density at radius 3 is 2.58 bits per heavy atom. The maximum absolute atomic E-state index is 12.7. The zero-order valence-corrected chi connectivity index (χ0v) is 15.5. The number of amides is 1. The van der Waals surface area contributed by atoms with Gasteiger partial charge in [-0.1, -0.05) is 18.2 Å². The van der Waals surface area contributed by atoms with Gasteiger partial charge in [0.25, 0.3) is 0 Å². The SMILES string of the molecule is Cc1nn(-c2ccccc2)c(C)c1CC(=O)N(C)C1CCSCC1. The highest BCUT2D eigenvalue weighted by Crippen LogP contribution is 2.23. The highest BCUT2D eigenvalue weighted by Gasteiger charge is 2.24. The molecule has 0 atom stereocenters. The first-order valence-electron chi connectivity index (χ1n) is 8.52. The van der Waals surface area contributed by atoms with Gasteiger partial charge in [-0.2, -0.15) is 16.9 Å². The summed E-state index contributed by atoms with van der Waals surface area (Å²) in [7, 11) is 1.95. The fourth-order valence-electron chi connectivity index (χ4n) is 3.30. The number of aromatic nitrogens is 2. The van der Waals surface area contributed by atoms with Gasteiger partial charge in [0.05, 0.1) is 17.8 Å². The lowest BCUT2D eigenvalue weighted by Gasteiger charge is -2.31. The molecule has 1 aliphatic heterocycles. The van der Waals surface area contributed by atoms with Gasteiger partial charge in [-0.05, 0) is 50.3 Å². The average Bonchev–Trinajstić information content (AvgIpc) is 2.90. The number of hydrogen-bond acceptors (Lipinski definition) is 3. The van der Waals surface area contributed by atoms with Crippen molar-refractivity contribution in [3.8, 4) is 5.69 Å². The third kappa shape index (κ3) is 3.51. The van der Waals surface area contributed by atoms with Gasteiger partial charge in [0.1, 0.15) is 0 Å². The summed E-state index contributed by atoms with van der Waals surface area (Å²) >= 11 is 1.99. The van der Waals surface area contributed by atoms with Gasteiger partial charge < -0.3 is 4.90 Å². The van der Waals surface area contributed by atoms with Crippen LogP contribution in [0.2, 0.25) is 0 Å². The van der Waals surface area contributed by atoms with E-state index in [9.17, 15) is 4.79 Å². The van der Waals surface area contributed by atoms with Crippen LogP contribution in [0.5, 0.6) is 0 Å². The summed E-state index contributed by atoms with van der Waals surface area (Å²) in [6.45, 7) is 4.04. The molecule has 1 amide bonds. The molecule has 2 aromatic rings. The van der Waals surface area contributed by atoms with E-state index < -0.39 is 0 Å². The van der Waals surface area contributed by atoms with Crippen molar-refractivity contribution in [1.82, 2.24) is 14.7 Å². The Morgan fingerprint density at radius 1 is 1.25 bits per heavy atom. The number of thioether (sulfide) groups is 1. The first kappa shape index (κ1) is 17.1. The zero-order valence-electron chi connectivity index (χ0n) is 14.7. The quantitative estimate of drug-likeness (QED) is 0.854. The number of carbonyl (C=O) groups excluding carboxylic acids is 1. The van der Waals surface area contributed by atoms with Gasteiger partial charge >= 0.3 is 0 Å². The molecular weight excluding hydrogens is 318 g/mol. The van der Waals surface area contributed by atoms with E-state index in [4.69, 9.17) is 0 Å². The molecule has 1 aliphatic rings. The largest absolute Gasteiger partial charge is 0.342 e. The number of carbonyl (C=O) groups is 1. The van der Waals surface area contributed by atoms with Crippen LogP contribution >= 0.6 is 11.8 Å². The van der Waals surface area contributed by atoms with E-state index in [0.717, 1.165) is 47.0 Å². The third-order valence-electron chi connectivity index (χ3n) is 4.90. The third-order valence-corrected chi connectivity index (χ3v) is 5.95. The van der Waals surface area contributed by atoms with Crippen LogP contribution < -0.4 is 0 Å². The molecule has 0 saturated carbocycles. The Balaban J connectivity index is 1.77. The van der Waals surface area contributed by atoms with Crippen LogP contribution in [-0.2, 0) is 11.2 Å². The van der Waals surface area contributed by atoms with Gasteiger partial charge in [0.2, 0.25) is 5.91 Å². The van der Waals surface area contributed by atoms with Gasteiger partial charge in [-0.25, -0.2) is 4.68 Å². The average molecular weight is 343 g/mol. The lowest BCUT2D eigenvalue weighted by Crippen LogP contribution is -2.40. The molecule has 0 unspecified atom stereocenters. The molecule has 0 radical (unpaired) electrons. The van der Waals surface area contributed by atoms with E-state index in [1.54, 1.807) is 0 Å². The molecule has 1 saturated heterocycles. The number of benzene rings is 1. The summed E-state index contributed by atoms with van der Waals surface area (Å²) in [4.78, 5) is 14.7. The van der Waals surface area contributed by atoms with E-state index in [0.29, 0.717) is 12.5 Å². The fraction of sp³-hybridized carbons (Fsp3) is 0.474. The lowest BCUT2D eigenvalue weighted by atomic mass is 10.1. The number of para-hydroxylation sites is 1. The van der Waals surface area contributed by atoms with Crippen LogP contribution in [-0.4, -0.2) is 45.2 Å². The van der Waals surface area contributed by atoms with Crippen LogP contribution in [0.4, 0.5) is 0 Å². The van der Waals surface area contributed by atoms with E-state index in [2.05, 4.69) is 5.10 Å². The number of rotatable bonds is 4. The van der Waals surface area contributed by atoms with E-state index in [1.807, 2.05) is 72.6 Å². The smallest absolute Gasteiger partial charge is 0.227 e. The highest BCUT2D eigenvalue weighted by molar-refractivity contribution is 7.99. The van der Waals surface area contributed by atoms with Gasteiger partial charge in [-0.3, -0.25) is 4.79 Å². The molecule has 5 heteroatoms. The molecule has 1 aromatic carbocycles. The molecule has 24 heavy (non-hydrogen) atoms. The predicted molar refractivity (Wildman–Crippen MR) is 99.9 cm³/mol. The maximum Gasteiger partial charge on any atom is 0.227 e. The normalized spacial score (nSPS) is 15.5. The minimum atomic E-state index is 0.200. The summed E-state index contributed by atoms with van der Waals surface area (Å²) in [5.41, 5.74) is 4.09. The molecule has 128 valence electrons. The Hall–Kier alpha value is -1.75. The molecule has 2 heterocycles. The maximum atomic E-state index is 12.7. The van der Waals surface area contributed by atoms with Crippen molar-refractivity contribution < 1.29 is 4.79 Å².